The van der Waals surface area contributed by atoms with Crippen LogP contribution in [0.4, 0.5) is 14.5 Å². The molecule has 0 aliphatic carbocycles. The van der Waals surface area contributed by atoms with E-state index < -0.39 is 23.4 Å². The van der Waals surface area contributed by atoms with Crippen molar-refractivity contribution in [1.29, 1.82) is 0 Å². The summed E-state index contributed by atoms with van der Waals surface area (Å²) in [6, 6.07) is 17.2. The number of imide groups is 1. The summed E-state index contributed by atoms with van der Waals surface area (Å²) in [7, 11) is 0. The van der Waals surface area contributed by atoms with Gasteiger partial charge < -0.3 is 5.32 Å². The average Bonchev–Trinajstić information content (AvgIpc) is 2.94. The molecule has 0 aromatic heterocycles. The molecule has 156 valence electrons. The predicted molar refractivity (Wildman–Crippen MR) is 115 cm³/mol. The van der Waals surface area contributed by atoms with E-state index in [0.29, 0.717) is 11.3 Å². The molecule has 0 fully saturated rings. The molecule has 6 heteroatoms. The van der Waals surface area contributed by atoms with E-state index in [0.717, 1.165) is 16.0 Å². The molecule has 0 atom stereocenters. The molecule has 0 unspecified atom stereocenters. The Morgan fingerprint density at radius 1 is 0.871 bits per heavy atom. The van der Waals surface area contributed by atoms with E-state index in [4.69, 9.17) is 0 Å². The van der Waals surface area contributed by atoms with Crippen LogP contribution in [0.15, 0.2) is 72.4 Å². The van der Waals surface area contributed by atoms with Crippen LogP contribution >= 0.6 is 0 Å². The molecule has 1 N–H and O–H groups in total. The van der Waals surface area contributed by atoms with Crippen molar-refractivity contribution < 1.29 is 18.4 Å². The molecule has 31 heavy (non-hydrogen) atoms. The van der Waals surface area contributed by atoms with Gasteiger partial charge in [0.15, 0.2) is 0 Å². The third-order valence-corrected chi connectivity index (χ3v) is 5.20. The minimum Gasteiger partial charge on any atom is -0.350 e. The van der Waals surface area contributed by atoms with Crippen LogP contribution in [-0.4, -0.2) is 16.7 Å². The summed E-state index contributed by atoms with van der Waals surface area (Å²) >= 11 is 0. The fourth-order valence-corrected chi connectivity index (χ4v) is 3.69. The third kappa shape index (κ3) is 3.97. The van der Waals surface area contributed by atoms with Crippen LogP contribution in [0.5, 0.6) is 0 Å². The Hall–Kier alpha value is -3.80. The minimum atomic E-state index is -0.590. The molecule has 3 aromatic carbocycles. The number of hydrogen-bond acceptors (Lipinski definition) is 3. The molecule has 0 saturated heterocycles. The van der Waals surface area contributed by atoms with Crippen molar-refractivity contribution in [3.8, 4) is 0 Å². The van der Waals surface area contributed by atoms with E-state index in [9.17, 15) is 18.4 Å². The van der Waals surface area contributed by atoms with E-state index in [1.54, 1.807) is 24.3 Å². The number of benzene rings is 3. The molecule has 4 rings (SSSR count). The summed E-state index contributed by atoms with van der Waals surface area (Å²) in [6.45, 7) is 3.59. The fourth-order valence-electron chi connectivity index (χ4n) is 3.69. The molecule has 0 spiro atoms. The summed E-state index contributed by atoms with van der Waals surface area (Å²) in [5, 5.41) is 2.92. The third-order valence-electron chi connectivity index (χ3n) is 5.20. The number of anilines is 1. The molecule has 0 radical (unpaired) electrons. The molecular formula is C25H20F2N2O2. The lowest BCUT2D eigenvalue weighted by molar-refractivity contribution is -0.137. The summed E-state index contributed by atoms with van der Waals surface area (Å²) in [5.41, 5.74) is 3.23. The van der Waals surface area contributed by atoms with Gasteiger partial charge in [-0.2, -0.15) is 0 Å². The smallest absolute Gasteiger partial charge is 0.278 e. The molecule has 1 aliphatic heterocycles. The number of nitrogens with one attached hydrogen (secondary N) is 1. The van der Waals surface area contributed by atoms with Crippen molar-refractivity contribution in [2.45, 2.75) is 20.4 Å². The number of hydrogen-bond donors (Lipinski definition) is 1. The quantitative estimate of drug-likeness (QED) is 0.595. The Morgan fingerprint density at radius 2 is 1.65 bits per heavy atom. The first kappa shape index (κ1) is 20.5. The lowest BCUT2D eigenvalue weighted by atomic mass is 9.97. The topological polar surface area (TPSA) is 49.4 Å². The molecule has 4 nitrogen and oxygen atoms in total. The van der Waals surface area contributed by atoms with E-state index in [1.807, 2.05) is 26.0 Å². The van der Waals surface area contributed by atoms with Crippen LogP contribution in [0.1, 0.15) is 22.3 Å². The van der Waals surface area contributed by atoms with Crippen LogP contribution in [-0.2, 0) is 16.1 Å². The summed E-state index contributed by atoms with van der Waals surface area (Å²) in [4.78, 5) is 27.6. The molecule has 0 bridgehead atoms. The van der Waals surface area contributed by atoms with Crippen molar-refractivity contribution in [1.82, 2.24) is 4.90 Å². The first-order chi connectivity index (χ1) is 14.8. The molecule has 1 heterocycles. The van der Waals surface area contributed by atoms with Gasteiger partial charge in [0.05, 0.1) is 12.1 Å². The molecule has 1 aliphatic rings. The Balaban J connectivity index is 1.80. The fraction of sp³-hybridized carbons (Fsp3) is 0.120. The number of aryl methyl sites for hydroxylation is 2. The Kier molecular flexibility index (Phi) is 5.38. The number of rotatable bonds is 5. The van der Waals surface area contributed by atoms with E-state index in [2.05, 4.69) is 5.32 Å². The van der Waals surface area contributed by atoms with Crippen molar-refractivity contribution >= 4 is 23.1 Å². The predicted octanol–water partition coefficient (Wildman–Crippen LogP) is 4.97. The zero-order valence-electron chi connectivity index (χ0n) is 17.1. The second-order valence-electron chi connectivity index (χ2n) is 7.49. The Labute approximate surface area is 178 Å². The highest BCUT2D eigenvalue weighted by molar-refractivity contribution is 6.36. The first-order valence-electron chi connectivity index (χ1n) is 9.79. The maximum Gasteiger partial charge on any atom is 0.278 e. The number of carbonyl (C=O) groups is 2. The SMILES string of the molecule is Cc1ccc(C2=C(Nc3cccc(F)c3)C(=O)N(Cc3ccccc3F)C2=O)c(C)c1. The van der Waals surface area contributed by atoms with E-state index >= 15 is 0 Å². The zero-order chi connectivity index (χ0) is 22.1. The monoisotopic (exact) mass is 418 g/mol. The highest BCUT2D eigenvalue weighted by Crippen LogP contribution is 2.33. The lowest BCUT2D eigenvalue weighted by Crippen LogP contribution is -2.32. The molecule has 2 amide bonds. The number of carbonyl (C=O) groups excluding carboxylic acids is 2. The van der Waals surface area contributed by atoms with Gasteiger partial charge in [0.25, 0.3) is 11.8 Å². The van der Waals surface area contributed by atoms with Crippen LogP contribution in [0.25, 0.3) is 5.57 Å². The second kappa shape index (κ2) is 8.14. The highest BCUT2D eigenvalue weighted by atomic mass is 19.1. The number of amides is 2. The molecule has 0 saturated carbocycles. The summed E-state index contributed by atoms with van der Waals surface area (Å²) < 4.78 is 27.9. The Bertz CT molecular complexity index is 1230. The average molecular weight is 418 g/mol. The van der Waals surface area contributed by atoms with Crippen LogP contribution in [0.3, 0.4) is 0 Å². The van der Waals surface area contributed by atoms with Gasteiger partial charge in [-0.05, 0) is 49.2 Å². The molecular weight excluding hydrogens is 398 g/mol. The van der Waals surface area contributed by atoms with Crippen LogP contribution < -0.4 is 5.32 Å². The van der Waals surface area contributed by atoms with Crippen molar-refractivity contribution in [3.05, 3.63) is 106 Å². The van der Waals surface area contributed by atoms with Crippen molar-refractivity contribution in [2.75, 3.05) is 5.32 Å². The number of halogens is 2. The maximum atomic E-state index is 14.2. The van der Waals surface area contributed by atoms with Gasteiger partial charge in [-0.15, -0.1) is 0 Å². The second-order valence-corrected chi connectivity index (χ2v) is 7.49. The van der Waals surface area contributed by atoms with E-state index in [-0.39, 0.29) is 23.4 Å². The van der Waals surface area contributed by atoms with Gasteiger partial charge in [0.2, 0.25) is 0 Å². The van der Waals surface area contributed by atoms with Gasteiger partial charge in [0, 0.05) is 11.3 Å². The lowest BCUT2D eigenvalue weighted by Gasteiger charge is -2.16. The van der Waals surface area contributed by atoms with Gasteiger partial charge in [-0.1, -0.05) is 48.0 Å². The number of nitrogens with zero attached hydrogens (tertiary/aromatic N) is 1. The summed E-state index contributed by atoms with van der Waals surface area (Å²) in [6.07, 6.45) is 0. The normalized spacial score (nSPS) is 13.9. The first-order valence-corrected chi connectivity index (χ1v) is 9.79. The van der Waals surface area contributed by atoms with Crippen LogP contribution in [0, 0.1) is 25.5 Å². The highest BCUT2D eigenvalue weighted by Gasteiger charge is 2.40. The van der Waals surface area contributed by atoms with Gasteiger partial charge in [0.1, 0.15) is 17.3 Å². The van der Waals surface area contributed by atoms with Gasteiger partial charge >= 0.3 is 0 Å². The molecule has 3 aromatic rings. The Morgan fingerprint density at radius 3 is 2.35 bits per heavy atom. The largest absolute Gasteiger partial charge is 0.350 e. The van der Waals surface area contributed by atoms with Gasteiger partial charge in [-0.3, -0.25) is 14.5 Å². The maximum absolute atomic E-state index is 14.2. The van der Waals surface area contributed by atoms with Crippen LogP contribution in [0.2, 0.25) is 0 Å². The standard InChI is InChI=1S/C25H20F2N2O2/c1-15-10-11-20(16(2)12-15)22-23(28-19-8-5-7-18(26)13-19)25(31)29(24(22)30)14-17-6-3-4-9-21(17)27/h3-13,28H,14H2,1-2H3. The van der Waals surface area contributed by atoms with Gasteiger partial charge in [-0.25, -0.2) is 8.78 Å². The minimum absolute atomic E-state index is 0.0406. The van der Waals surface area contributed by atoms with Crippen molar-refractivity contribution in [2.24, 2.45) is 0 Å². The summed E-state index contributed by atoms with van der Waals surface area (Å²) in [5.74, 6) is -2.09. The van der Waals surface area contributed by atoms with E-state index in [1.165, 1.54) is 30.3 Å². The van der Waals surface area contributed by atoms with Crippen molar-refractivity contribution in [3.63, 3.8) is 0 Å². The zero-order valence-corrected chi connectivity index (χ0v) is 17.1.